The SMILES string of the molecule is Cc1cccc(-c2ocnc2C(=O)Nc2cc(Cl)ccc2C)c1. The van der Waals surface area contributed by atoms with Crippen molar-refractivity contribution in [1.29, 1.82) is 0 Å². The highest BCUT2D eigenvalue weighted by atomic mass is 35.5. The summed E-state index contributed by atoms with van der Waals surface area (Å²) < 4.78 is 5.42. The van der Waals surface area contributed by atoms with Gasteiger partial charge in [-0.25, -0.2) is 4.98 Å². The van der Waals surface area contributed by atoms with Gasteiger partial charge in [0, 0.05) is 16.3 Å². The summed E-state index contributed by atoms with van der Waals surface area (Å²) in [6, 6.07) is 13.1. The minimum atomic E-state index is -0.333. The summed E-state index contributed by atoms with van der Waals surface area (Å²) in [5, 5.41) is 3.39. The van der Waals surface area contributed by atoms with Gasteiger partial charge >= 0.3 is 0 Å². The fraction of sp³-hybridized carbons (Fsp3) is 0.111. The van der Waals surface area contributed by atoms with E-state index in [1.54, 1.807) is 12.1 Å². The second kappa shape index (κ2) is 6.26. The molecule has 0 aliphatic carbocycles. The predicted molar refractivity (Wildman–Crippen MR) is 90.8 cm³/mol. The molecule has 0 spiro atoms. The van der Waals surface area contributed by atoms with Gasteiger partial charge in [-0.3, -0.25) is 4.79 Å². The van der Waals surface area contributed by atoms with Gasteiger partial charge in [-0.05, 0) is 37.6 Å². The molecule has 1 N–H and O–H groups in total. The number of anilines is 1. The van der Waals surface area contributed by atoms with Crippen molar-refractivity contribution in [2.45, 2.75) is 13.8 Å². The molecule has 0 bridgehead atoms. The quantitative estimate of drug-likeness (QED) is 0.747. The molecule has 2 aromatic carbocycles. The Hall–Kier alpha value is -2.59. The highest BCUT2D eigenvalue weighted by Crippen LogP contribution is 2.26. The van der Waals surface area contributed by atoms with E-state index in [1.807, 2.05) is 44.2 Å². The molecule has 1 amide bonds. The zero-order chi connectivity index (χ0) is 16.4. The Balaban J connectivity index is 1.92. The smallest absolute Gasteiger partial charge is 0.278 e. The molecule has 0 saturated carbocycles. The van der Waals surface area contributed by atoms with Crippen LogP contribution in [0.1, 0.15) is 21.6 Å². The average Bonchev–Trinajstić information content (AvgIpc) is 3.00. The van der Waals surface area contributed by atoms with Crippen molar-refractivity contribution in [3.63, 3.8) is 0 Å². The summed E-state index contributed by atoms with van der Waals surface area (Å²) in [6.45, 7) is 3.88. The van der Waals surface area contributed by atoms with Crippen molar-refractivity contribution in [3.05, 3.63) is 70.7 Å². The molecule has 0 radical (unpaired) electrons. The highest BCUT2D eigenvalue weighted by molar-refractivity contribution is 6.31. The van der Waals surface area contributed by atoms with Gasteiger partial charge in [-0.1, -0.05) is 41.4 Å². The first-order valence-electron chi connectivity index (χ1n) is 7.12. The minimum absolute atomic E-state index is 0.245. The largest absolute Gasteiger partial charge is 0.443 e. The number of hydrogen-bond donors (Lipinski definition) is 1. The number of aryl methyl sites for hydroxylation is 2. The van der Waals surface area contributed by atoms with Crippen molar-refractivity contribution in [2.24, 2.45) is 0 Å². The zero-order valence-electron chi connectivity index (χ0n) is 12.8. The summed E-state index contributed by atoms with van der Waals surface area (Å²) in [5.41, 5.74) is 3.71. The molecule has 3 aromatic rings. The minimum Gasteiger partial charge on any atom is -0.443 e. The summed E-state index contributed by atoms with van der Waals surface area (Å²) in [6.07, 6.45) is 1.28. The lowest BCUT2D eigenvalue weighted by atomic mass is 10.1. The topological polar surface area (TPSA) is 55.1 Å². The lowest BCUT2D eigenvalue weighted by Crippen LogP contribution is -2.14. The average molecular weight is 327 g/mol. The predicted octanol–water partition coefficient (Wildman–Crippen LogP) is 4.86. The van der Waals surface area contributed by atoms with Crippen LogP contribution < -0.4 is 5.32 Å². The number of hydrogen-bond acceptors (Lipinski definition) is 3. The monoisotopic (exact) mass is 326 g/mol. The van der Waals surface area contributed by atoms with Gasteiger partial charge in [-0.15, -0.1) is 0 Å². The van der Waals surface area contributed by atoms with Crippen LogP contribution in [0.25, 0.3) is 11.3 Å². The van der Waals surface area contributed by atoms with E-state index < -0.39 is 0 Å². The van der Waals surface area contributed by atoms with E-state index in [1.165, 1.54) is 6.39 Å². The molecule has 0 unspecified atom stereocenters. The normalized spacial score (nSPS) is 10.6. The first-order valence-corrected chi connectivity index (χ1v) is 7.50. The molecule has 1 aromatic heterocycles. The van der Waals surface area contributed by atoms with Crippen LogP contribution in [0, 0.1) is 13.8 Å². The number of benzene rings is 2. The molecular weight excluding hydrogens is 312 g/mol. The third-order valence-corrected chi connectivity index (χ3v) is 3.75. The van der Waals surface area contributed by atoms with Gasteiger partial charge in [0.25, 0.3) is 5.91 Å². The lowest BCUT2D eigenvalue weighted by Gasteiger charge is -2.08. The van der Waals surface area contributed by atoms with E-state index in [4.69, 9.17) is 16.0 Å². The van der Waals surface area contributed by atoms with E-state index >= 15 is 0 Å². The Morgan fingerprint density at radius 2 is 2.00 bits per heavy atom. The van der Waals surface area contributed by atoms with Crippen LogP contribution in [-0.4, -0.2) is 10.9 Å². The number of oxazole rings is 1. The molecule has 5 heteroatoms. The molecule has 0 fully saturated rings. The molecule has 0 saturated heterocycles. The number of aromatic nitrogens is 1. The summed E-state index contributed by atoms with van der Waals surface area (Å²) >= 11 is 5.98. The van der Waals surface area contributed by atoms with E-state index in [2.05, 4.69) is 10.3 Å². The van der Waals surface area contributed by atoms with Crippen molar-refractivity contribution in [2.75, 3.05) is 5.32 Å². The highest BCUT2D eigenvalue weighted by Gasteiger charge is 2.19. The number of nitrogens with zero attached hydrogens (tertiary/aromatic N) is 1. The third-order valence-electron chi connectivity index (χ3n) is 3.51. The molecular formula is C18H15ClN2O2. The van der Waals surface area contributed by atoms with Gasteiger partial charge in [0.15, 0.2) is 17.8 Å². The van der Waals surface area contributed by atoms with Crippen LogP contribution in [0.4, 0.5) is 5.69 Å². The summed E-state index contributed by atoms with van der Waals surface area (Å²) in [5.74, 6) is 0.117. The van der Waals surface area contributed by atoms with E-state index in [0.29, 0.717) is 16.5 Å². The molecule has 4 nitrogen and oxygen atoms in total. The van der Waals surface area contributed by atoms with Crippen LogP contribution >= 0.6 is 11.6 Å². The van der Waals surface area contributed by atoms with Crippen LogP contribution in [0.15, 0.2) is 53.3 Å². The summed E-state index contributed by atoms with van der Waals surface area (Å²) in [7, 11) is 0. The van der Waals surface area contributed by atoms with E-state index in [9.17, 15) is 4.79 Å². The molecule has 0 aliphatic heterocycles. The van der Waals surface area contributed by atoms with Crippen LogP contribution in [0.2, 0.25) is 5.02 Å². The van der Waals surface area contributed by atoms with E-state index in [-0.39, 0.29) is 11.6 Å². The number of carbonyl (C=O) groups excluding carboxylic acids is 1. The zero-order valence-corrected chi connectivity index (χ0v) is 13.5. The summed E-state index contributed by atoms with van der Waals surface area (Å²) in [4.78, 5) is 16.6. The maximum Gasteiger partial charge on any atom is 0.278 e. The number of rotatable bonds is 3. The molecule has 1 heterocycles. The van der Waals surface area contributed by atoms with Crippen LogP contribution in [0.5, 0.6) is 0 Å². The third kappa shape index (κ3) is 3.27. The number of halogens is 1. The maximum atomic E-state index is 12.5. The van der Waals surface area contributed by atoms with Crippen molar-refractivity contribution in [3.8, 4) is 11.3 Å². The second-order valence-electron chi connectivity index (χ2n) is 5.31. The Morgan fingerprint density at radius 1 is 1.17 bits per heavy atom. The van der Waals surface area contributed by atoms with Gasteiger partial charge in [0.1, 0.15) is 0 Å². The molecule has 23 heavy (non-hydrogen) atoms. The van der Waals surface area contributed by atoms with Gasteiger partial charge in [-0.2, -0.15) is 0 Å². The van der Waals surface area contributed by atoms with Gasteiger partial charge in [0.05, 0.1) is 0 Å². The Morgan fingerprint density at radius 3 is 2.78 bits per heavy atom. The van der Waals surface area contributed by atoms with E-state index in [0.717, 1.165) is 16.7 Å². The lowest BCUT2D eigenvalue weighted by molar-refractivity contribution is 0.102. The Bertz CT molecular complexity index is 871. The van der Waals surface area contributed by atoms with Crippen molar-refractivity contribution >= 4 is 23.2 Å². The number of amides is 1. The molecule has 0 aliphatic rings. The standard InChI is InChI=1S/C18H15ClN2O2/c1-11-4-3-5-13(8-11)17-16(20-10-23-17)18(22)21-15-9-14(19)7-6-12(15)2/h3-10H,1-2H3,(H,21,22). The molecule has 0 atom stereocenters. The Labute approximate surface area is 139 Å². The molecule has 3 rings (SSSR count). The fourth-order valence-electron chi connectivity index (χ4n) is 2.31. The number of carbonyl (C=O) groups is 1. The van der Waals surface area contributed by atoms with Crippen molar-refractivity contribution < 1.29 is 9.21 Å². The van der Waals surface area contributed by atoms with Crippen LogP contribution in [0.3, 0.4) is 0 Å². The number of nitrogens with one attached hydrogen (secondary N) is 1. The van der Waals surface area contributed by atoms with Gasteiger partial charge < -0.3 is 9.73 Å². The van der Waals surface area contributed by atoms with Crippen LogP contribution in [-0.2, 0) is 0 Å². The first kappa shape index (κ1) is 15.3. The molecule has 116 valence electrons. The second-order valence-corrected chi connectivity index (χ2v) is 5.75. The maximum absolute atomic E-state index is 12.5. The fourth-order valence-corrected chi connectivity index (χ4v) is 2.48. The Kier molecular flexibility index (Phi) is 4.17. The van der Waals surface area contributed by atoms with Gasteiger partial charge in [0.2, 0.25) is 0 Å². The van der Waals surface area contributed by atoms with Crippen molar-refractivity contribution in [1.82, 2.24) is 4.98 Å². The first-order chi connectivity index (χ1) is 11.0.